The fraction of sp³-hybridized carbons (Fsp3) is 0.400. The molecule has 0 aliphatic heterocycles. The van der Waals surface area contributed by atoms with Gasteiger partial charge in [0.05, 0.1) is 6.10 Å². The van der Waals surface area contributed by atoms with Gasteiger partial charge in [-0.1, -0.05) is 48.9 Å². The molecule has 2 rings (SSSR count). The number of rotatable bonds is 3. The Hall–Kier alpha value is -1.41. The van der Waals surface area contributed by atoms with Crippen LogP contribution in [0, 0.1) is 5.92 Å². The minimum absolute atomic E-state index is 0.191. The second-order valence-corrected chi connectivity index (χ2v) is 4.58. The van der Waals surface area contributed by atoms with E-state index in [-0.39, 0.29) is 11.7 Å². The predicted molar refractivity (Wildman–Crippen MR) is 68.4 cm³/mol. The minimum Gasteiger partial charge on any atom is -0.388 e. The molecule has 0 unspecified atom stereocenters. The summed E-state index contributed by atoms with van der Waals surface area (Å²) in [7, 11) is 0. The van der Waals surface area contributed by atoms with E-state index in [9.17, 15) is 9.90 Å². The molecule has 0 aromatic heterocycles. The van der Waals surface area contributed by atoms with Crippen LogP contribution >= 0.6 is 0 Å². The Kier molecular flexibility index (Phi) is 4.10. The molecule has 1 N–H and O–H groups in total. The van der Waals surface area contributed by atoms with Crippen molar-refractivity contribution in [2.45, 2.75) is 31.8 Å². The van der Waals surface area contributed by atoms with Crippen LogP contribution in [-0.4, -0.2) is 17.0 Å². The molecule has 0 amide bonds. The van der Waals surface area contributed by atoms with Gasteiger partial charge in [-0.3, -0.25) is 4.79 Å². The van der Waals surface area contributed by atoms with Crippen molar-refractivity contribution in [3.8, 4) is 0 Å². The van der Waals surface area contributed by atoms with Crippen molar-refractivity contribution in [1.29, 1.82) is 0 Å². The molecule has 17 heavy (non-hydrogen) atoms. The van der Waals surface area contributed by atoms with E-state index in [1.807, 2.05) is 36.4 Å². The molecular weight excluding hydrogens is 212 g/mol. The lowest BCUT2D eigenvalue weighted by molar-refractivity contribution is -0.127. The van der Waals surface area contributed by atoms with Crippen LogP contribution in [0.5, 0.6) is 0 Å². The van der Waals surface area contributed by atoms with Crippen LogP contribution in [-0.2, 0) is 4.79 Å². The van der Waals surface area contributed by atoms with Crippen molar-refractivity contribution in [2.75, 3.05) is 0 Å². The highest BCUT2D eigenvalue weighted by Crippen LogP contribution is 2.24. The minimum atomic E-state index is -0.636. The van der Waals surface area contributed by atoms with E-state index in [4.69, 9.17) is 0 Å². The van der Waals surface area contributed by atoms with Crippen LogP contribution in [0.25, 0.3) is 6.08 Å². The van der Waals surface area contributed by atoms with E-state index < -0.39 is 6.10 Å². The zero-order valence-corrected chi connectivity index (χ0v) is 9.88. The average Bonchev–Trinajstić information content (AvgIpc) is 2.38. The third-order valence-electron chi connectivity index (χ3n) is 3.30. The maximum Gasteiger partial charge on any atom is 0.138 e. The van der Waals surface area contributed by atoms with E-state index in [1.165, 1.54) is 0 Å². The molecule has 1 aliphatic rings. The Morgan fingerprint density at radius 1 is 1.24 bits per heavy atom. The summed E-state index contributed by atoms with van der Waals surface area (Å²) < 4.78 is 0. The van der Waals surface area contributed by atoms with Gasteiger partial charge in [-0.2, -0.15) is 0 Å². The molecule has 0 saturated heterocycles. The largest absolute Gasteiger partial charge is 0.388 e. The first-order valence-corrected chi connectivity index (χ1v) is 6.21. The second-order valence-electron chi connectivity index (χ2n) is 4.58. The molecule has 0 spiro atoms. The second kappa shape index (κ2) is 5.78. The highest BCUT2D eigenvalue weighted by atomic mass is 16.3. The Balaban J connectivity index is 1.98. The number of ketones is 1. The van der Waals surface area contributed by atoms with Gasteiger partial charge in [0.15, 0.2) is 0 Å². The van der Waals surface area contributed by atoms with Crippen LogP contribution in [0.2, 0.25) is 0 Å². The average molecular weight is 230 g/mol. The summed E-state index contributed by atoms with van der Waals surface area (Å²) in [4.78, 5) is 11.7. The number of hydrogen-bond donors (Lipinski definition) is 1. The van der Waals surface area contributed by atoms with E-state index >= 15 is 0 Å². The van der Waals surface area contributed by atoms with Crippen LogP contribution in [0.3, 0.4) is 0 Å². The van der Waals surface area contributed by atoms with Gasteiger partial charge >= 0.3 is 0 Å². The van der Waals surface area contributed by atoms with Gasteiger partial charge in [0.2, 0.25) is 0 Å². The zero-order chi connectivity index (χ0) is 12.1. The van der Waals surface area contributed by atoms with Gasteiger partial charge in [0, 0.05) is 12.3 Å². The van der Waals surface area contributed by atoms with Crippen LogP contribution in [0.1, 0.15) is 31.2 Å². The van der Waals surface area contributed by atoms with Crippen LogP contribution in [0.15, 0.2) is 36.4 Å². The van der Waals surface area contributed by atoms with Crippen molar-refractivity contribution in [2.24, 2.45) is 5.92 Å². The maximum absolute atomic E-state index is 11.7. The number of aliphatic hydroxyl groups excluding tert-OH is 1. The zero-order valence-electron chi connectivity index (χ0n) is 9.88. The van der Waals surface area contributed by atoms with Crippen LogP contribution < -0.4 is 0 Å². The number of hydrogen-bond acceptors (Lipinski definition) is 2. The highest BCUT2D eigenvalue weighted by molar-refractivity contribution is 5.82. The number of carbonyl (C=O) groups is 1. The lowest BCUT2D eigenvalue weighted by Gasteiger charge is -2.23. The van der Waals surface area contributed by atoms with E-state index in [1.54, 1.807) is 6.08 Å². The molecule has 0 heterocycles. The van der Waals surface area contributed by atoms with Crippen molar-refractivity contribution in [3.05, 3.63) is 42.0 Å². The van der Waals surface area contributed by atoms with Crippen molar-refractivity contribution in [1.82, 2.24) is 0 Å². The van der Waals surface area contributed by atoms with E-state index in [0.29, 0.717) is 6.42 Å². The first-order chi connectivity index (χ1) is 8.27. The Labute approximate surface area is 102 Å². The fourth-order valence-corrected chi connectivity index (χ4v) is 2.28. The molecule has 1 saturated carbocycles. The lowest BCUT2D eigenvalue weighted by Crippen LogP contribution is -2.29. The predicted octanol–water partition coefficient (Wildman–Crippen LogP) is 2.82. The van der Waals surface area contributed by atoms with Gasteiger partial charge in [-0.25, -0.2) is 0 Å². The smallest absolute Gasteiger partial charge is 0.138 e. The molecule has 1 aromatic carbocycles. The highest BCUT2D eigenvalue weighted by Gasteiger charge is 2.27. The molecule has 1 aromatic rings. The maximum atomic E-state index is 11.7. The van der Waals surface area contributed by atoms with Crippen LogP contribution in [0.4, 0.5) is 0 Å². The van der Waals surface area contributed by atoms with E-state index in [2.05, 4.69) is 0 Å². The van der Waals surface area contributed by atoms with Gasteiger partial charge in [-0.05, 0) is 18.4 Å². The summed E-state index contributed by atoms with van der Waals surface area (Å²) in [6.45, 7) is 0. The molecule has 1 fully saturated rings. The molecule has 2 heteroatoms. The lowest BCUT2D eigenvalue weighted by atomic mass is 9.84. The van der Waals surface area contributed by atoms with Crippen molar-refractivity contribution >= 4 is 11.9 Å². The molecule has 0 bridgehead atoms. The molecule has 0 radical (unpaired) electrons. The molecule has 2 atom stereocenters. The Morgan fingerprint density at radius 2 is 2.00 bits per heavy atom. The summed E-state index contributed by atoms with van der Waals surface area (Å²) in [5.74, 6) is 0.0187. The standard InChI is InChI=1S/C15H18O2/c16-14-9-5-4-8-13(14)15(17)11-10-12-6-2-1-3-7-12/h1-3,6-7,10-11,13,15,17H,4-5,8-9H2/b11-10+/t13-,15-/m0/s1. The number of benzene rings is 1. The topological polar surface area (TPSA) is 37.3 Å². The summed E-state index contributed by atoms with van der Waals surface area (Å²) >= 11 is 0. The molecule has 2 nitrogen and oxygen atoms in total. The van der Waals surface area contributed by atoms with E-state index in [0.717, 1.165) is 24.8 Å². The summed E-state index contributed by atoms with van der Waals surface area (Å²) in [6, 6.07) is 9.83. The molecule has 90 valence electrons. The number of carbonyl (C=O) groups excluding carboxylic acids is 1. The van der Waals surface area contributed by atoms with Gasteiger partial charge in [0.1, 0.15) is 5.78 Å². The van der Waals surface area contributed by atoms with Crippen molar-refractivity contribution < 1.29 is 9.90 Å². The number of Topliss-reactive ketones (excluding diaryl/α,β-unsaturated/α-hetero) is 1. The van der Waals surface area contributed by atoms with Gasteiger partial charge in [-0.15, -0.1) is 0 Å². The van der Waals surface area contributed by atoms with Gasteiger partial charge in [0.25, 0.3) is 0 Å². The third-order valence-corrected chi connectivity index (χ3v) is 3.30. The Bertz CT molecular complexity index is 395. The summed E-state index contributed by atoms with van der Waals surface area (Å²) in [5, 5.41) is 10.00. The van der Waals surface area contributed by atoms with Crippen molar-refractivity contribution in [3.63, 3.8) is 0 Å². The monoisotopic (exact) mass is 230 g/mol. The number of aliphatic hydroxyl groups is 1. The summed E-state index contributed by atoms with van der Waals surface area (Å²) in [6.07, 6.45) is 6.45. The Morgan fingerprint density at radius 3 is 2.71 bits per heavy atom. The molecule has 1 aliphatic carbocycles. The normalized spacial score (nSPS) is 22.9. The third kappa shape index (κ3) is 3.27. The molecular formula is C15H18O2. The fourth-order valence-electron chi connectivity index (χ4n) is 2.28. The first kappa shape index (κ1) is 12.1. The quantitative estimate of drug-likeness (QED) is 0.867. The SMILES string of the molecule is O=C1CCCC[C@@H]1[C@@H](O)/C=C/c1ccccc1. The van der Waals surface area contributed by atoms with Gasteiger partial charge < -0.3 is 5.11 Å². The first-order valence-electron chi connectivity index (χ1n) is 6.21. The summed E-state index contributed by atoms with van der Waals surface area (Å²) in [5.41, 5.74) is 1.05.